The Kier molecular flexibility index (Phi) is 6.20. The first kappa shape index (κ1) is 20.0. The van der Waals surface area contributed by atoms with Gasteiger partial charge in [0.15, 0.2) is 5.13 Å². The summed E-state index contributed by atoms with van der Waals surface area (Å²) >= 11 is 1.29. The molecule has 9 heteroatoms. The summed E-state index contributed by atoms with van der Waals surface area (Å²) < 4.78 is 10.6. The summed E-state index contributed by atoms with van der Waals surface area (Å²) in [6.07, 6.45) is 2.91. The monoisotopic (exact) mass is 411 g/mol. The number of nitro benzene ring substituents is 1. The SMILES string of the molecule is COc1ccc(-c2csc(NC(=O)C=Cc3ccc([N+](=O)[O-])cc3)n2)c(OC)c1. The number of carbonyl (C=O) groups excluding carboxylic acids is 1. The van der Waals surface area contributed by atoms with Crippen molar-refractivity contribution in [2.24, 2.45) is 0 Å². The highest BCUT2D eigenvalue weighted by molar-refractivity contribution is 7.14. The summed E-state index contributed by atoms with van der Waals surface area (Å²) in [4.78, 5) is 26.7. The van der Waals surface area contributed by atoms with Crippen LogP contribution in [0.15, 0.2) is 53.9 Å². The van der Waals surface area contributed by atoms with Gasteiger partial charge < -0.3 is 9.47 Å². The first-order valence-corrected chi connectivity index (χ1v) is 9.29. The van der Waals surface area contributed by atoms with Crippen LogP contribution in [0.3, 0.4) is 0 Å². The van der Waals surface area contributed by atoms with Gasteiger partial charge in [0.25, 0.3) is 5.69 Å². The lowest BCUT2D eigenvalue weighted by Crippen LogP contribution is -2.07. The minimum absolute atomic E-state index is 0.00382. The summed E-state index contributed by atoms with van der Waals surface area (Å²) in [6.45, 7) is 0. The van der Waals surface area contributed by atoms with Crippen LogP contribution in [0.25, 0.3) is 17.3 Å². The molecule has 8 nitrogen and oxygen atoms in total. The Morgan fingerprint density at radius 2 is 1.93 bits per heavy atom. The van der Waals surface area contributed by atoms with Crippen LogP contribution in [-0.4, -0.2) is 30.0 Å². The molecule has 0 unspecified atom stereocenters. The molecule has 0 saturated heterocycles. The second-order valence-electron chi connectivity index (χ2n) is 5.78. The van der Waals surface area contributed by atoms with E-state index in [0.29, 0.717) is 27.9 Å². The summed E-state index contributed by atoms with van der Waals surface area (Å²) in [5.74, 6) is 0.933. The number of rotatable bonds is 7. The average Bonchev–Trinajstić information content (AvgIpc) is 3.20. The van der Waals surface area contributed by atoms with Crippen LogP contribution in [0, 0.1) is 10.1 Å². The molecule has 1 heterocycles. The van der Waals surface area contributed by atoms with Crippen molar-refractivity contribution in [3.8, 4) is 22.8 Å². The van der Waals surface area contributed by atoms with E-state index < -0.39 is 4.92 Å². The Hall–Kier alpha value is -3.72. The molecule has 0 aliphatic rings. The van der Waals surface area contributed by atoms with E-state index in [1.165, 1.54) is 29.5 Å². The minimum atomic E-state index is -0.474. The van der Waals surface area contributed by atoms with E-state index in [0.717, 1.165) is 5.56 Å². The van der Waals surface area contributed by atoms with Gasteiger partial charge >= 0.3 is 0 Å². The normalized spacial score (nSPS) is 10.7. The van der Waals surface area contributed by atoms with Crippen LogP contribution in [0.2, 0.25) is 0 Å². The lowest BCUT2D eigenvalue weighted by molar-refractivity contribution is -0.384. The average molecular weight is 411 g/mol. The van der Waals surface area contributed by atoms with Gasteiger partial charge in [0.05, 0.1) is 24.8 Å². The van der Waals surface area contributed by atoms with Gasteiger partial charge in [-0.15, -0.1) is 11.3 Å². The number of nitro groups is 1. The van der Waals surface area contributed by atoms with Crippen LogP contribution in [-0.2, 0) is 4.79 Å². The lowest BCUT2D eigenvalue weighted by Gasteiger charge is -2.08. The number of thiazole rings is 1. The number of methoxy groups -OCH3 is 2. The first-order chi connectivity index (χ1) is 14.0. The Balaban J connectivity index is 1.68. The molecular formula is C20H17N3O5S. The molecule has 148 valence electrons. The van der Waals surface area contributed by atoms with E-state index in [4.69, 9.17) is 9.47 Å². The zero-order chi connectivity index (χ0) is 20.8. The molecule has 1 N–H and O–H groups in total. The van der Waals surface area contributed by atoms with Crippen LogP contribution >= 0.6 is 11.3 Å². The Labute approximate surface area is 170 Å². The fourth-order valence-corrected chi connectivity index (χ4v) is 3.20. The molecule has 0 saturated carbocycles. The van der Waals surface area contributed by atoms with Gasteiger partial charge in [0, 0.05) is 35.2 Å². The third-order valence-corrected chi connectivity index (χ3v) is 4.71. The smallest absolute Gasteiger partial charge is 0.269 e. The fourth-order valence-electron chi connectivity index (χ4n) is 2.49. The number of nitrogens with one attached hydrogen (secondary N) is 1. The number of ether oxygens (including phenoxy) is 2. The first-order valence-electron chi connectivity index (χ1n) is 8.41. The molecule has 0 spiro atoms. The van der Waals surface area contributed by atoms with Crippen LogP contribution in [0.1, 0.15) is 5.56 Å². The Morgan fingerprint density at radius 3 is 2.59 bits per heavy atom. The third-order valence-electron chi connectivity index (χ3n) is 3.95. The summed E-state index contributed by atoms with van der Waals surface area (Å²) in [5, 5.41) is 15.6. The highest BCUT2D eigenvalue weighted by Crippen LogP contribution is 2.34. The summed E-state index contributed by atoms with van der Waals surface area (Å²) in [5.41, 5.74) is 2.13. The van der Waals surface area contributed by atoms with E-state index >= 15 is 0 Å². The molecule has 1 aromatic heterocycles. The number of nitrogens with zero attached hydrogens (tertiary/aromatic N) is 2. The van der Waals surface area contributed by atoms with Gasteiger partial charge in [0.1, 0.15) is 11.5 Å². The molecule has 0 aliphatic heterocycles. The summed E-state index contributed by atoms with van der Waals surface area (Å²) in [7, 11) is 3.14. The maximum Gasteiger partial charge on any atom is 0.269 e. The molecule has 2 aromatic carbocycles. The topological polar surface area (TPSA) is 104 Å². The largest absolute Gasteiger partial charge is 0.497 e. The van der Waals surface area contributed by atoms with Gasteiger partial charge in [-0.05, 0) is 35.9 Å². The van der Waals surface area contributed by atoms with Crippen molar-refractivity contribution in [2.75, 3.05) is 19.5 Å². The number of hydrogen-bond donors (Lipinski definition) is 1. The van der Waals surface area contributed by atoms with Gasteiger partial charge in [0.2, 0.25) is 5.91 Å². The van der Waals surface area contributed by atoms with Gasteiger partial charge in [-0.1, -0.05) is 0 Å². The van der Waals surface area contributed by atoms with Crippen molar-refractivity contribution in [1.29, 1.82) is 0 Å². The minimum Gasteiger partial charge on any atom is -0.497 e. The standard InChI is InChI=1S/C20H17N3O5S/c1-27-15-8-9-16(18(11-15)28-2)17-12-29-20(21-17)22-19(24)10-5-13-3-6-14(7-4-13)23(25)26/h3-12H,1-2H3,(H,21,22,24). The zero-order valence-electron chi connectivity index (χ0n) is 15.6. The second kappa shape index (κ2) is 8.98. The van der Waals surface area contributed by atoms with E-state index in [2.05, 4.69) is 10.3 Å². The molecule has 3 aromatic rings. The highest BCUT2D eigenvalue weighted by Gasteiger charge is 2.12. The molecule has 0 aliphatic carbocycles. The van der Waals surface area contributed by atoms with Gasteiger partial charge in [-0.3, -0.25) is 20.2 Å². The predicted molar refractivity (Wildman–Crippen MR) is 111 cm³/mol. The number of benzene rings is 2. The maximum absolute atomic E-state index is 12.1. The Morgan fingerprint density at radius 1 is 1.17 bits per heavy atom. The molecule has 1 amide bonds. The van der Waals surface area contributed by atoms with Crippen molar-refractivity contribution in [1.82, 2.24) is 4.98 Å². The van der Waals surface area contributed by atoms with E-state index in [1.54, 1.807) is 38.5 Å². The van der Waals surface area contributed by atoms with Crippen molar-refractivity contribution in [3.05, 3.63) is 69.6 Å². The van der Waals surface area contributed by atoms with Crippen molar-refractivity contribution in [2.45, 2.75) is 0 Å². The zero-order valence-corrected chi connectivity index (χ0v) is 16.4. The maximum atomic E-state index is 12.1. The molecular weight excluding hydrogens is 394 g/mol. The molecule has 0 atom stereocenters. The molecule has 0 radical (unpaired) electrons. The molecule has 29 heavy (non-hydrogen) atoms. The fraction of sp³-hybridized carbons (Fsp3) is 0.100. The van der Waals surface area contributed by atoms with Crippen molar-refractivity contribution in [3.63, 3.8) is 0 Å². The van der Waals surface area contributed by atoms with Crippen LogP contribution < -0.4 is 14.8 Å². The number of hydrogen-bond acceptors (Lipinski definition) is 7. The van der Waals surface area contributed by atoms with E-state index in [-0.39, 0.29) is 11.6 Å². The molecule has 3 rings (SSSR count). The number of amides is 1. The van der Waals surface area contributed by atoms with Crippen molar-refractivity contribution < 1.29 is 19.2 Å². The number of carbonyl (C=O) groups is 1. The number of aromatic nitrogens is 1. The third kappa shape index (κ3) is 4.96. The van der Waals surface area contributed by atoms with E-state index in [1.807, 2.05) is 17.5 Å². The number of non-ortho nitro benzene ring substituents is 1. The van der Waals surface area contributed by atoms with Gasteiger partial charge in [-0.25, -0.2) is 4.98 Å². The molecule has 0 fully saturated rings. The summed E-state index contributed by atoms with van der Waals surface area (Å²) in [6, 6.07) is 11.3. The van der Waals surface area contributed by atoms with Crippen LogP contribution in [0.5, 0.6) is 11.5 Å². The second-order valence-corrected chi connectivity index (χ2v) is 6.63. The Bertz CT molecular complexity index is 1060. The van der Waals surface area contributed by atoms with Crippen LogP contribution in [0.4, 0.5) is 10.8 Å². The lowest BCUT2D eigenvalue weighted by atomic mass is 10.1. The molecule has 0 bridgehead atoms. The highest BCUT2D eigenvalue weighted by atomic mass is 32.1. The van der Waals surface area contributed by atoms with Crippen molar-refractivity contribution >= 4 is 34.1 Å². The van der Waals surface area contributed by atoms with E-state index in [9.17, 15) is 14.9 Å². The quantitative estimate of drug-likeness (QED) is 0.351. The predicted octanol–water partition coefficient (Wildman–Crippen LogP) is 4.39. The van der Waals surface area contributed by atoms with Gasteiger partial charge in [-0.2, -0.15) is 0 Å². The number of anilines is 1.